The van der Waals surface area contributed by atoms with Gasteiger partial charge in [0.15, 0.2) is 5.96 Å². The summed E-state index contributed by atoms with van der Waals surface area (Å²) in [5, 5.41) is 4.37. The number of amides is 1. The molecule has 1 aromatic rings. The lowest BCUT2D eigenvalue weighted by Crippen LogP contribution is -2.55. The van der Waals surface area contributed by atoms with Crippen LogP contribution in [0, 0.1) is 0 Å². The van der Waals surface area contributed by atoms with E-state index in [-0.39, 0.29) is 42.0 Å². The number of carbonyl (C=O) groups is 1. The van der Waals surface area contributed by atoms with Gasteiger partial charge in [-0.2, -0.15) is 0 Å². The summed E-state index contributed by atoms with van der Waals surface area (Å²) >= 11 is 6.28. The SMILES string of the molecule is CN=C(NCC(c1cccc(Cl)c1)N1CCCC1)N1CCN(C(=O)C2CCCO2)CC1.I. The summed E-state index contributed by atoms with van der Waals surface area (Å²) in [4.78, 5) is 23.9. The molecule has 32 heavy (non-hydrogen) atoms. The first-order valence-electron chi connectivity index (χ1n) is 11.5. The fourth-order valence-corrected chi connectivity index (χ4v) is 5.06. The molecule has 3 aliphatic heterocycles. The number of aliphatic imine (C=N–C) groups is 1. The third-order valence-electron chi connectivity index (χ3n) is 6.58. The number of hydrogen-bond acceptors (Lipinski definition) is 4. The highest BCUT2D eigenvalue weighted by Gasteiger charge is 2.31. The van der Waals surface area contributed by atoms with Gasteiger partial charge in [-0.25, -0.2) is 0 Å². The van der Waals surface area contributed by atoms with Gasteiger partial charge in [-0.15, -0.1) is 24.0 Å². The van der Waals surface area contributed by atoms with E-state index in [1.165, 1.54) is 18.4 Å². The van der Waals surface area contributed by atoms with Crippen molar-refractivity contribution < 1.29 is 9.53 Å². The number of rotatable bonds is 5. The van der Waals surface area contributed by atoms with Crippen molar-refractivity contribution in [2.24, 2.45) is 4.99 Å². The summed E-state index contributed by atoms with van der Waals surface area (Å²) in [5.74, 6) is 1.05. The molecule has 4 rings (SSSR count). The highest BCUT2D eigenvalue weighted by Crippen LogP contribution is 2.26. The van der Waals surface area contributed by atoms with Gasteiger partial charge >= 0.3 is 0 Å². The van der Waals surface area contributed by atoms with Gasteiger partial charge in [-0.3, -0.25) is 14.7 Å². The van der Waals surface area contributed by atoms with Crippen molar-refractivity contribution in [3.63, 3.8) is 0 Å². The van der Waals surface area contributed by atoms with Crippen LogP contribution in [0.5, 0.6) is 0 Å². The molecule has 2 atom stereocenters. The average Bonchev–Trinajstić information content (AvgIpc) is 3.51. The summed E-state index contributed by atoms with van der Waals surface area (Å²) in [7, 11) is 1.83. The largest absolute Gasteiger partial charge is 0.368 e. The van der Waals surface area contributed by atoms with E-state index in [0.29, 0.717) is 19.7 Å². The second-order valence-electron chi connectivity index (χ2n) is 8.56. The van der Waals surface area contributed by atoms with Crippen molar-refractivity contribution >= 4 is 47.4 Å². The summed E-state index contributed by atoms with van der Waals surface area (Å²) in [5.41, 5.74) is 1.24. The summed E-state index contributed by atoms with van der Waals surface area (Å²) in [6, 6.07) is 8.45. The van der Waals surface area contributed by atoms with Crippen LogP contribution in [0.1, 0.15) is 37.3 Å². The standard InChI is InChI=1S/C23H34ClN5O2.HI/c1-25-23(29-13-11-28(12-14-29)22(30)21-8-5-15-31-21)26-17-20(27-9-2-3-10-27)18-6-4-7-19(24)16-18;/h4,6-7,16,20-21H,2-3,5,8-15,17H2,1H3,(H,25,26);1H. The zero-order valence-corrected chi connectivity index (χ0v) is 21.9. The molecule has 3 saturated heterocycles. The zero-order chi connectivity index (χ0) is 21.6. The molecule has 2 unspecified atom stereocenters. The van der Waals surface area contributed by atoms with Gasteiger partial charge in [0.05, 0.1) is 6.04 Å². The Kier molecular flexibility index (Phi) is 9.88. The number of hydrogen-bond donors (Lipinski definition) is 1. The zero-order valence-electron chi connectivity index (χ0n) is 18.8. The van der Waals surface area contributed by atoms with Crippen molar-refractivity contribution in [2.45, 2.75) is 37.8 Å². The van der Waals surface area contributed by atoms with Gasteiger partial charge in [0.25, 0.3) is 5.91 Å². The number of nitrogens with one attached hydrogen (secondary N) is 1. The average molecular weight is 576 g/mol. The molecule has 0 spiro atoms. The fraction of sp³-hybridized carbons (Fsp3) is 0.652. The Morgan fingerprint density at radius 2 is 1.88 bits per heavy atom. The predicted molar refractivity (Wildman–Crippen MR) is 139 cm³/mol. The molecular formula is C23H35ClIN5O2. The Hall–Kier alpha value is -1.10. The molecule has 7 nitrogen and oxygen atoms in total. The number of carbonyl (C=O) groups excluding carboxylic acids is 1. The van der Waals surface area contributed by atoms with Gasteiger partial charge < -0.3 is 19.9 Å². The van der Waals surface area contributed by atoms with Crippen LogP contribution in [0.15, 0.2) is 29.3 Å². The van der Waals surface area contributed by atoms with Gasteiger partial charge in [0, 0.05) is 51.4 Å². The summed E-state index contributed by atoms with van der Waals surface area (Å²) in [6.07, 6.45) is 4.09. The van der Waals surface area contributed by atoms with E-state index in [9.17, 15) is 4.79 Å². The predicted octanol–water partition coefficient (Wildman–Crippen LogP) is 2.99. The molecule has 0 aliphatic carbocycles. The van der Waals surface area contributed by atoms with E-state index in [2.05, 4.69) is 32.2 Å². The van der Waals surface area contributed by atoms with E-state index in [0.717, 1.165) is 56.5 Å². The monoisotopic (exact) mass is 575 g/mol. The highest BCUT2D eigenvalue weighted by molar-refractivity contribution is 14.0. The Bertz CT molecular complexity index is 775. The number of piperazine rings is 1. The first-order valence-corrected chi connectivity index (χ1v) is 11.9. The Balaban J connectivity index is 0.00000289. The summed E-state index contributed by atoms with van der Waals surface area (Å²) < 4.78 is 5.57. The number of guanidine groups is 1. The fourth-order valence-electron chi connectivity index (χ4n) is 4.86. The van der Waals surface area contributed by atoms with Gasteiger partial charge in [-0.1, -0.05) is 23.7 Å². The third kappa shape index (κ3) is 6.27. The van der Waals surface area contributed by atoms with Crippen LogP contribution in [0.4, 0.5) is 0 Å². The maximum atomic E-state index is 12.6. The van der Waals surface area contributed by atoms with Crippen LogP contribution in [0.25, 0.3) is 0 Å². The Morgan fingerprint density at radius 1 is 1.16 bits per heavy atom. The van der Waals surface area contributed by atoms with E-state index in [1.807, 2.05) is 24.1 Å². The van der Waals surface area contributed by atoms with Gasteiger partial charge in [0.2, 0.25) is 0 Å². The number of ether oxygens (including phenoxy) is 1. The molecule has 0 bridgehead atoms. The van der Waals surface area contributed by atoms with E-state index >= 15 is 0 Å². The first kappa shape index (κ1) is 25.5. The Morgan fingerprint density at radius 3 is 2.50 bits per heavy atom. The normalized spacial score (nSPS) is 23.2. The molecule has 1 aromatic carbocycles. The van der Waals surface area contributed by atoms with E-state index in [4.69, 9.17) is 16.3 Å². The highest BCUT2D eigenvalue weighted by atomic mass is 127. The van der Waals surface area contributed by atoms with Crippen LogP contribution in [0.2, 0.25) is 5.02 Å². The third-order valence-corrected chi connectivity index (χ3v) is 6.81. The topological polar surface area (TPSA) is 60.4 Å². The van der Waals surface area contributed by atoms with Gasteiger partial charge in [0.1, 0.15) is 6.10 Å². The lowest BCUT2D eigenvalue weighted by atomic mass is 10.1. The minimum Gasteiger partial charge on any atom is -0.368 e. The molecule has 1 amide bonds. The smallest absolute Gasteiger partial charge is 0.251 e. The first-order chi connectivity index (χ1) is 15.2. The summed E-state index contributed by atoms with van der Waals surface area (Å²) in [6.45, 7) is 6.70. The van der Waals surface area contributed by atoms with Crippen LogP contribution < -0.4 is 5.32 Å². The molecule has 0 radical (unpaired) electrons. The second kappa shape index (κ2) is 12.4. The quantitative estimate of drug-likeness (QED) is 0.332. The minimum atomic E-state index is -0.233. The lowest BCUT2D eigenvalue weighted by Gasteiger charge is -2.38. The molecule has 1 N–H and O–H groups in total. The van der Waals surface area contributed by atoms with E-state index < -0.39 is 0 Å². The van der Waals surface area contributed by atoms with Crippen LogP contribution >= 0.6 is 35.6 Å². The molecular weight excluding hydrogens is 541 g/mol. The number of benzene rings is 1. The van der Waals surface area contributed by atoms with Crippen molar-refractivity contribution in [2.75, 3.05) is 59.5 Å². The van der Waals surface area contributed by atoms with Crippen molar-refractivity contribution in [3.8, 4) is 0 Å². The van der Waals surface area contributed by atoms with Crippen molar-refractivity contribution in [1.82, 2.24) is 20.0 Å². The molecule has 3 fully saturated rings. The molecule has 3 heterocycles. The van der Waals surface area contributed by atoms with Crippen LogP contribution in [-0.2, 0) is 9.53 Å². The van der Waals surface area contributed by atoms with E-state index in [1.54, 1.807) is 0 Å². The number of halogens is 2. The van der Waals surface area contributed by atoms with Crippen molar-refractivity contribution in [3.05, 3.63) is 34.9 Å². The molecule has 0 saturated carbocycles. The maximum absolute atomic E-state index is 12.6. The van der Waals surface area contributed by atoms with Crippen LogP contribution in [0.3, 0.4) is 0 Å². The molecule has 9 heteroatoms. The van der Waals surface area contributed by atoms with Gasteiger partial charge in [-0.05, 0) is 56.5 Å². The molecule has 0 aromatic heterocycles. The van der Waals surface area contributed by atoms with Crippen LogP contribution in [-0.4, -0.2) is 92.1 Å². The minimum absolute atomic E-state index is 0. The van der Waals surface area contributed by atoms with Crippen molar-refractivity contribution in [1.29, 1.82) is 0 Å². The Labute approximate surface area is 213 Å². The second-order valence-corrected chi connectivity index (χ2v) is 8.99. The number of nitrogens with zero attached hydrogens (tertiary/aromatic N) is 4. The lowest BCUT2D eigenvalue weighted by molar-refractivity contribution is -0.142. The maximum Gasteiger partial charge on any atom is 0.251 e. The molecule has 3 aliphatic rings. The molecule has 178 valence electrons. The number of likely N-dealkylation sites (tertiary alicyclic amines) is 1.